The summed E-state index contributed by atoms with van der Waals surface area (Å²) in [6.07, 6.45) is 0.814. The van der Waals surface area contributed by atoms with Crippen molar-refractivity contribution in [2.45, 2.75) is 52.2 Å². The number of hydrogen-bond donors (Lipinski definition) is 1. The van der Waals surface area contributed by atoms with E-state index in [1.165, 1.54) is 7.11 Å². The van der Waals surface area contributed by atoms with Crippen molar-refractivity contribution in [1.29, 1.82) is 5.26 Å². The number of nitriles is 1. The van der Waals surface area contributed by atoms with Crippen LogP contribution in [0.25, 0.3) is 10.9 Å². The van der Waals surface area contributed by atoms with Gasteiger partial charge in [0.05, 0.1) is 52.4 Å². The van der Waals surface area contributed by atoms with E-state index in [0.29, 0.717) is 60.8 Å². The summed E-state index contributed by atoms with van der Waals surface area (Å²) in [6.45, 7) is 14.8. The molecule has 2 heterocycles. The second kappa shape index (κ2) is 12.1. The third-order valence-corrected chi connectivity index (χ3v) is 8.28. The summed E-state index contributed by atoms with van der Waals surface area (Å²) in [5, 5.41) is 14.8. The number of hydrogen-bond acceptors (Lipinski definition) is 8. The number of nitrogens with one attached hydrogen (secondary N) is 1. The zero-order valence-corrected chi connectivity index (χ0v) is 26.6. The topological polar surface area (TPSA) is 82.9 Å². The van der Waals surface area contributed by atoms with Crippen LogP contribution in [-0.2, 0) is 0 Å². The quantitative estimate of drug-likeness (QED) is 0.280. The number of anilines is 2. The van der Waals surface area contributed by atoms with Crippen LogP contribution in [0.5, 0.6) is 17.2 Å². The average Bonchev–Trinajstić information content (AvgIpc) is 2.89. The molecule has 0 spiro atoms. The van der Waals surface area contributed by atoms with E-state index < -0.39 is 5.60 Å². The van der Waals surface area contributed by atoms with Gasteiger partial charge in [-0.15, -0.1) is 0 Å². The molecule has 0 atom stereocenters. The van der Waals surface area contributed by atoms with Crippen molar-refractivity contribution in [1.82, 2.24) is 14.8 Å². The Hall–Kier alpha value is -2.96. The molecule has 0 unspecified atom stereocenters. The van der Waals surface area contributed by atoms with E-state index in [0.717, 1.165) is 32.6 Å². The lowest BCUT2D eigenvalue weighted by atomic mass is 9.87. The minimum atomic E-state index is -0.496. The second-order valence-corrected chi connectivity index (χ2v) is 12.6. The van der Waals surface area contributed by atoms with Crippen molar-refractivity contribution >= 4 is 45.5 Å². The molecule has 1 saturated heterocycles. The second-order valence-electron chi connectivity index (χ2n) is 11.8. The zero-order valence-electron chi connectivity index (χ0n) is 25.1. The smallest absolute Gasteiger partial charge is 0.164 e. The summed E-state index contributed by atoms with van der Waals surface area (Å²) in [5.41, 5.74) is 2.18. The van der Waals surface area contributed by atoms with Gasteiger partial charge in [0.2, 0.25) is 0 Å². The molecule has 4 rings (SSSR count). The Bertz CT molecular complexity index is 1480. The van der Waals surface area contributed by atoms with Crippen LogP contribution in [0.4, 0.5) is 11.4 Å². The normalized spacial score (nSPS) is 15.0. The zero-order chi connectivity index (χ0) is 30.1. The van der Waals surface area contributed by atoms with Crippen molar-refractivity contribution in [3.8, 4) is 23.3 Å². The van der Waals surface area contributed by atoms with Crippen molar-refractivity contribution in [2.24, 2.45) is 0 Å². The number of aryl methyl sites for hydroxylation is 1. The van der Waals surface area contributed by atoms with Gasteiger partial charge < -0.3 is 24.4 Å². The van der Waals surface area contributed by atoms with Gasteiger partial charge in [0, 0.05) is 55.7 Å². The maximum atomic E-state index is 10.0. The van der Waals surface area contributed by atoms with Crippen LogP contribution in [0, 0.1) is 18.3 Å². The van der Waals surface area contributed by atoms with Gasteiger partial charge in [0.1, 0.15) is 17.4 Å². The van der Waals surface area contributed by atoms with E-state index in [2.05, 4.69) is 55.9 Å². The van der Waals surface area contributed by atoms with Gasteiger partial charge in [-0.05, 0) is 53.8 Å². The van der Waals surface area contributed by atoms with Gasteiger partial charge in [-0.25, -0.2) is 0 Å². The molecule has 0 bridgehead atoms. The first-order chi connectivity index (χ1) is 19.3. The molecule has 41 heavy (non-hydrogen) atoms. The number of halogens is 2. The Kier molecular flexibility index (Phi) is 9.15. The summed E-state index contributed by atoms with van der Waals surface area (Å²) in [5.74, 6) is 1.59. The molecule has 0 radical (unpaired) electrons. The van der Waals surface area contributed by atoms with Gasteiger partial charge in [-0.2, -0.15) is 5.26 Å². The molecule has 1 N–H and O–H groups in total. The molecule has 8 nitrogen and oxygen atoms in total. The van der Waals surface area contributed by atoms with E-state index in [1.54, 1.807) is 26.2 Å². The first-order valence-electron chi connectivity index (χ1n) is 13.6. The molecule has 1 aliphatic rings. The van der Waals surface area contributed by atoms with Crippen LogP contribution >= 0.6 is 23.2 Å². The molecule has 3 aromatic rings. The molecule has 0 saturated carbocycles. The number of nitrogens with zero attached hydrogens (tertiary/aromatic N) is 4. The highest BCUT2D eigenvalue weighted by Crippen LogP contribution is 2.42. The minimum absolute atomic E-state index is 0.0542. The first kappa shape index (κ1) is 31.0. The Morgan fingerprint density at radius 2 is 1.61 bits per heavy atom. The Morgan fingerprint density at radius 3 is 2.22 bits per heavy atom. The van der Waals surface area contributed by atoms with E-state index in [1.807, 2.05) is 12.1 Å². The van der Waals surface area contributed by atoms with Crippen LogP contribution in [0.15, 0.2) is 24.3 Å². The lowest BCUT2D eigenvalue weighted by Crippen LogP contribution is -2.56. The molecule has 10 heteroatoms. The third-order valence-electron chi connectivity index (χ3n) is 7.67. The summed E-state index contributed by atoms with van der Waals surface area (Å²) < 4.78 is 17.8. The minimum Gasteiger partial charge on any atom is -0.495 e. The summed E-state index contributed by atoms with van der Waals surface area (Å²) >= 11 is 12.8. The number of methoxy groups -OCH3 is 2. The lowest BCUT2D eigenvalue weighted by molar-refractivity contribution is -0.00255. The van der Waals surface area contributed by atoms with Gasteiger partial charge in [0.25, 0.3) is 0 Å². The third kappa shape index (κ3) is 6.76. The fraction of sp³-hybridized carbons (Fsp3) is 0.484. The molecule has 2 aromatic carbocycles. The number of benzene rings is 2. The van der Waals surface area contributed by atoms with Crippen molar-refractivity contribution in [3.05, 3.63) is 45.6 Å². The van der Waals surface area contributed by atoms with Crippen LogP contribution < -0.4 is 19.5 Å². The van der Waals surface area contributed by atoms with Gasteiger partial charge in [-0.3, -0.25) is 9.88 Å². The Labute approximate surface area is 253 Å². The number of ether oxygens (including phenoxy) is 3. The summed E-state index contributed by atoms with van der Waals surface area (Å²) in [7, 11) is 5.31. The van der Waals surface area contributed by atoms with E-state index in [9.17, 15) is 5.26 Å². The van der Waals surface area contributed by atoms with Crippen molar-refractivity contribution < 1.29 is 14.2 Å². The summed E-state index contributed by atoms with van der Waals surface area (Å²) in [4.78, 5) is 9.65. The SMILES string of the molecule is COc1cc(Nc2c(C#N)c(C)nc3cc(OC(C)(C)CC(C)(C)N4CCN(C)CC4)c(OC)cc23)c(Cl)cc1Cl. The molecular weight excluding hydrogens is 561 g/mol. The molecule has 1 fully saturated rings. The number of pyridine rings is 1. The van der Waals surface area contributed by atoms with Crippen LogP contribution in [0.1, 0.15) is 45.4 Å². The van der Waals surface area contributed by atoms with Gasteiger partial charge in [-0.1, -0.05) is 23.2 Å². The van der Waals surface area contributed by atoms with Crippen LogP contribution in [0.2, 0.25) is 10.0 Å². The monoisotopic (exact) mass is 599 g/mol. The number of piperazine rings is 1. The van der Waals surface area contributed by atoms with E-state index in [4.69, 9.17) is 42.4 Å². The maximum Gasteiger partial charge on any atom is 0.164 e. The highest BCUT2D eigenvalue weighted by atomic mass is 35.5. The standard InChI is InChI=1S/C31H39Cl2N5O3/c1-19-21(17-34)29(36-25-16-26(39-7)23(33)14-22(25)32)20-13-27(40-8)28(15-24(20)35-19)41-31(4,5)18-30(2,3)38-11-9-37(6)10-12-38/h13-16H,9-12,18H2,1-8H3,(H,35,36). The average molecular weight is 601 g/mol. The Morgan fingerprint density at radius 1 is 0.951 bits per heavy atom. The fourth-order valence-electron chi connectivity index (χ4n) is 5.72. The number of likely N-dealkylation sites (N-methyl/N-ethyl adjacent to an activating group) is 1. The summed E-state index contributed by atoms with van der Waals surface area (Å²) in [6, 6.07) is 9.31. The number of fused-ring (bicyclic) bond motifs is 1. The molecule has 1 aliphatic heterocycles. The number of aromatic nitrogens is 1. The van der Waals surface area contributed by atoms with Crippen LogP contribution in [-0.4, -0.2) is 73.4 Å². The van der Waals surface area contributed by atoms with E-state index in [-0.39, 0.29) is 5.54 Å². The molecule has 220 valence electrons. The maximum absolute atomic E-state index is 10.0. The molecule has 0 amide bonds. The lowest BCUT2D eigenvalue weighted by Gasteiger charge is -2.46. The van der Waals surface area contributed by atoms with Gasteiger partial charge >= 0.3 is 0 Å². The number of rotatable bonds is 9. The molecular formula is C31H39Cl2N5O3. The molecule has 0 aliphatic carbocycles. The first-order valence-corrected chi connectivity index (χ1v) is 14.4. The molecule has 1 aromatic heterocycles. The Balaban J connectivity index is 1.72. The predicted octanol–water partition coefficient (Wildman–Crippen LogP) is 7.06. The van der Waals surface area contributed by atoms with Crippen LogP contribution in [0.3, 0.4) is 0 Å². The highest BCUT2D eigenvalue weighted by molar-refractivity contribution is 6.37. The van der Waals surface area contributed by atoms with Gasteiger partial charge in [0.15, 0.2) is 11.5 Å². The fourth-order valence-corrected chi connectivity index (χ4v) is 6.22. The largest absolute Gasteiger partial charge is 0.495 e. The highest BCUT2D eigenvalue weighted by Gasteiger charge is 2.36. The van der Waals surface area contributed by atoms with E-state index >= 15 is 0 Å². The predicted molar refractivity (Wildman–Crippen MR) is 167 cm³/mol. The van der Waals surface area contributed by atoms with Crippen molar-refractivity contribution in [3.63, 3.8) is 0 Å². The van der Waals surface area contributed by atoms with Crippen molar-refractivity contribution in [2.75, 3.05) is 52.8 Å².